The smallest absolute Gasteiger partial charge is 0.258 e. The van der Waals surface area contributed by atoms with Gasteiger partial charge >= 0.3 is 0 Å². The normalized spacial score (nSPS) is 17.8. The SMILES string of the molecule is Cc1oc2c(c1C(=O)N1CCCC1c1nc(N(C)C)ncc1-c1cccc(F)c1)CCCC2. The second kappa shape index (κ2) is 8.61. The molecule has 3 aromatic rings. The van der Waals surface area contributed by atoms with E-state index in [1.165, 1.54) is 12.1 Å². The number of carbonyl (C=O) groups is 1. The summed E-state index contributed by atoms with van der Waals surface area (Å²) in [6.45, 7) is 2.55. The largest absolute Gasteiger partial charge is 0.465 e. The van der Waals surface area contributed by atoms with Crippen molar-refractivity contribution in [2.75, 3.05) is 25.5 Å². The average Bonchev–Trinajstić information content (AvgIpc) is 3.42. The van der Waals surface area contributed by atoms with Crippen LogP contribution in [0.25, 0.3) is 11.1 Å². The zero-order valence-corrected chi connectivity index (χ0v) is 19.4. The second-order valence-corrected chi connectivity index (χ2v) is 9.17. The first-order chi connectivity index (χ1) is 15.9. The highest BCUT2D eigenvalue weighted by molar-refractivity contribution is 5.97. The van der Waals surface area contributed by atoms with Gasteiger partial charge in [0.15, 0.2) is 0 Å². The van der Waals surface area contributed by atoms with Gasteiger partial charge in [-0.25, -0.2) is 14.4 Å². The van der Waals surface area contributed by atoms with E-state index in [1.807, 2.05) is 36.9 Å². The van der Waals surface area contributed by atoms with E-state index in [4.69, 9.17) is 9.40 Å². The van der Waals surface area contributed by atoms with Crippen molar-refractivity contribution in [3.63, 3.8) is 0 Å². The molecular formula is C26H29FN4O2. The number of anilines is 1. The van der Waals surface area contributed by atoms with Crippen LogP contribution in [0, 0.1) is 12.7 Å². The van der Waals surface area contributed by atoms with Crippen molar-refractivity contribution in [2.24, 2.45) is 0 Å². The van der Waals surface area contributed by atoms with E-state index in [0.29, 0.717) is 23.8 Å². The molecule has 1 aliphatic heterocycles. The van der Waals surface area contributed by atoms with Gasteiger partial charge in [-0.15, -0.1) is 0 Å². The van der Waals surface area contributed by atoms with Crippen molar-refractivity contribution in [1.29, 1.82) is 0 Å². The molecule has 1 aromatic carbocycles. The Morgan fingerprint density at radius 2 is 2.03 bits per heavy atom. The standard InChI is InChI=1S/C26H29FN4O2/c1-16-23(19-10-4-5-12-22(19)33-16)25(32)31-13-7-11-21(31)24-20(15-28-26(29-24)30(2)3)17-8-6-9-18(27)14-17/h6,8-9,14-15,21H,4-5,7,10-13H2,1-3H3. The van der Waals surface area contributed by atoms with Crippen LogP contribution in [0.15, 0.2) is 34.9 Å². The molecule has 5 rings (SSSR count). The van der Waals surface area contributed by atoms with E-state index in [9.17, 15) is 9.18 Å². The van der Waals surface area contributed by atoms with E-state index < -0.39 is 0 Å². The molecule has 0 N–H and O–H groups in total. The van der Waals surface area contributed by atoms with Gasteiger partial charge in [0.1, 0.15) is 17.3 Å². The summed E-state index contributed by atoms with van der Waals surface area (Å²) in [6, 6.07) is 6.26. The maximum atomic E-state index is 14.0. The molecule has 3 heterocycles. The maximum absolute atomic E-state index is 14.0. The van der Waals surface area contributed by atoms with Gasteiger partial charge in [-0.3, -0.25) is 4.79 Å². The Morgan fingerprint density at radius 3 is 2.82 bits per heavy atom. The molecule has 0 bridgehead atoms. The first kappa shape index (κ1) is 21.6. The number of halogens is 1. The molecule has 1 amide bonds. The Bertz CT molecular complexity index is 1200. The summed E-state index contributed by atoms with van der Waals surface area (Å²) in [5.41, 5.74) is 4.05. The lowest BCUT2D eigenvalue weighted by molar-refractivity contribution is 0.0730. The van der Waals surface area contributed by atoms with E-state index in [1.54, 1.807) is 12.3 Å². The Kier molecular flexibility index (Phi) is 5.64. The molecule has 1 atom stereocenters. The fourth-order valence-corrected chi connectivity index (χ4v) is 5.15. The number of fused-ring (bicyclic) bond motifs is 1. The lowest BCUT2D eigenvalue weighted by Gasteiger charge is -2.27. The molecule has 1 aliphatic carbocycles. The molecule has 6 nitrogen and oxygen atoms in total. The number of furan rings is 1. The number of likely N-dealkylation sites (tertiary alicyclic amines) is 1. The molecule has 7 heteroatoms. The van der Waals surface area contributed by atoms with Gasteiger partial charge in [0.25, 0.3) is 5.91 Å². The highest BCUT2D eigenvalue weighted by Crippen LogP contribution is 2.40. The van der Waals surface area contributed by atoms with Crippen molar-refractivity contribution in [1.82, 2.24) is 14.9 Å². The molecule has 2 aliphatic rings. The highest BCUT2D eigenvalue weighted by Gasteiger charge is 2.37. The summed E-state index contributed by atoms with van der Waals surface area (Å²) in [6.07, 6.45) is 7.41. The summed E-state index contributed by atoms with van der Waals surface area (Å²) < 4.78 is 20.0. The van der Waals surface area contributed by atoms with E-state index in [-0.39, 0.29) is 17.8 Å². The second-order valence-electron chi connectivity index (χ2n) is 9.17. The number of hydrogen-bond acceptors (Lipinski definition) is 5. The summed E-state index contributed by atoms with van der Waals surface area (Å²) in [4.78, 5) is 27.0. The molecular weight excluding hydrogens is 419 g/mol. The van der Waals surface area contributed by atoms with Crippen LogP contribution in [0.4, 0.5) is 10.3 Å². The minimum Gasteiger partial charge on any atom is -0.465 e. The third kappa shape index (κ3) is 3.90. The van der Waals surface area contributed by atoms with Crippen LogP contribution in [-0.4, -0.2) is 41.4 Å². The predicted octanol–water partition coefficient (Wildman–Crippen LogP) is 5.11. The number of carbonyl (C=O) groups excluding carboxylic acids is 1. The molecule has 1 saturated heterocycles. The monoisotopic (exact) mass is 448 g/mol. The van der Waals surface area contributed by atoms with Gasteiger partial charge < -0.3 is 14.2 Å². The average molecular weight is 449 g/mol. The number of hydrogen-bond donors (Lipinski definition) is 0. The van der Waals surface area contributed by atoms with Crippen molar-refractivity contribution in [3.8, 4) is 11.1 Å². The number of amides is 1. The Hall–Kier alpha value is -3.22. The lowest BCUT2D eigenvalue weighted by Crippen LogP contribution is -2.32. The molecule has 0 radical (unpaired) electrons. The summed E-state index contributed by atoms with van der Waals surface area (Å²) in [7, 11) is 3.78. The molecule has 0 saturated carbocycles. The van der Waals surface area contributed by atoms with Crippen LogP contribution in [0.1, 0.15) is 64.9 Å². The van der Waals surface area contributed by atoms with Gasteiger partial charge in [0, 0.05) is 44.4 Å². The molecule has 0 spiro atoms. The highest BCUT2D eigenvalue weighted by atomic mass is 19.1. The maximum Gasteiger partial charge on any atom is 0.258 e. The van der Waals surface area contributed by atoms with Gasteiger partial charge in [0.2, 0.25) is 5.95 Å². The van der Waals surface area contributed by atoms with Crippen molar-refractivity contribution in [3.05, 3.63) is 64.6 Å². The minimum atomic E-state index is -0.310. The van der Waals surface area contributed by atoms with Crippen molar-refractivity contribution in [2.45, 2.75) is 51.5 Å². The van der Waals surface area contributed by atoms with Gasteiger partial charge in [-0.1, -0.05) is 12.1 Å². The number of aromatic nitrogens is 2. The predicted molar refractivity (Wildman–Crippen MR) is 125 cm³/mol. The number of nitrogens with zero attached hydrogens (tertiary/aromatic N) is 4. The van der Waals surface area contributed by atoms with Gasteiger partial charge in [0.05, 0.1) is 17.3 Å². The number of aryl methyl sites for hydroxylation is 2. The molecule has 172 valence electrons. The summed E-state index contributed by atoms with van der Waals surface area (Å²) in [5, 5.41) is 0. The fourth-order valence-electron chi connectivity index (χ4n) is 5.15. The van der Waals surface area contributed by atoms with Crippen LogP contribution < -0.4 is 4.90 Å². The van der Waals surface area contributed by atoms with Crippen LogP contribution in [0.2, 0.25) is 0 Å². The third-order valence-corrected chi connectivity index (χ3v) is 6.73. The quantitative estimate of drug-likeness (QED) is 0.555. The molecule has 1 fully saturated rings. The Balaban J connectivity index is 1.58. The van der Waals surface area contributed by atoms with Crippen LogP contribution >= 0.6 is 0 Å². The Labute approximate surface area is 193 Å². The third-order valence-electron chi connectivity index (χ3n) is 6.73. The number of benzene rings is 1. The number of rotatable bonds is 4. The van der Waals surface area contributed by atoms with Crippen LogP contribution in [0.5, 0.6) is 0 Å². The van der Waals surface area contributed by atoms with E-state index in [0.717, 1.165) is 66.7 Å². The lowest BCUT2D eigenvalue weighted by atomic mass is 9.93. The minimum absolute atomic E-state index is 0.0112. The zero-order valence-electron chi connectivity index (χ0n) is 19.4. The Morgan fingerprint density at radius 1 is 1.21 bits per heavy atom. The topological polar surface area (TPSA) is 62.5 Å². The summed E-state index contributed by atoms with van der Waals surface area (Å²) >= 11 is 0. The fraction of sp³-hybridized carbons (Fsp3) is 0.423. The van der Waals surface area contributed by atoms with Crippen molar-refractivity contribution >= 4 is 11.9 Å². The molecule has 33 heavy (non-hydrogen) atoms. The van der Waals surface area contributed by atoms with Gasteiger partial charge in [-0.2, -0.15) is 0 Å². The first-order valence-corrected chi connectivity index (χ1v) is 11.7. The summed E-state index contributed by atoms with van der Waals surface area (Å²) in [5.74, 6) is 1.95. The molecule has 2 aromatic heterocycles. The van der Waals surface area contributed by atoms with Crippen LogP contribution in [0.3, 0.4) is 0 Å². The van der Waals surface area contributed by atoms with Crippen LogP contribution in [-0.2, 0) is 12.8 Å². The molecule has 1 unspecified atom stereocenters. The van der Waals surface area contributed by atoms with E-state index >= 15 is 0 Å². The van der Waals surface area contributed by atoms with Crippen molar-refractivity contribution < 1.29 is 13.6 Å². The zero-order chi connectivity index (χ0) is 23.1. The van der Waals surface area contributed by atoms with Gasteiger partial charge in [-0.05, 0) is 56.7 Å². The van der Waals surface area contributed by atoms with E-state index in [2.05, 4.69) is 4.98 Å². The first-order valence-electron chi connectivity index (χ1n) is 11.7.